The largest absolute Gasteiger partial charge is 0.448 e. The van der Waals surface area contributed by atoms with Gasteiger partial charge in [-0.25, -0.2) is 9.18 Å². The van der Waals surface area contributed by atoms with E-state index in [1.165, 1.54) is 43.3 Å². The quantitative estimate of drug-likeness (QED) is 0.679. The second kappa shape index (κ2) is 7.18. The number of carbonyl (C=O) groups is 2. The summed E-state index contributed by atoms with van der Waals surface area (Å²) in [4.78, 5) is 24.2. The third-order valence-corrected chi connectivity index (χ3v) is 3.47. The van der Waals surface area contributed by atoms with Gasteiger partial charge < -0.3 is 14.6 Å². The fourth-order valence-electron chi connectivity index (χ4n) is 2.13. The molecule has 0 aliphatic carbocycles. The predicted molar refractivity (Wildman–Crippen MR) is 88.7 cm³/mol. The van der Waals surface area contributed by atoms with Gasteiger partial charge in [-0.05, 0) is 44.2 Å². The van der Waals surface area contributed by atoms with Gasteiger partial charge >= 0.3 is 5.97 Å². The Morgan fingerprint density at radius 2 is 2.00 bits per heavy atom. The molecule has 1 atom stereocenters. The molecule has 2 N–H and O–H groups in total. The summed E-state index contributed by atoms with van der Waals surface area (Å²) < 4.78 is 22.9. The maximum atomic E-state index is 13.0. The van der Waals surface area contributed by atoms with Crippen LogP contribution in [-0.4, -0.2) is 33.3 Å². The highest BCUT2D eigenvalue weighted by Crippen LogP contribution is 2.18. The molecular formula is C17H15FN4O4. The summed E-state index contributed by atoms with van der Waals surface area (Å²) in [7, 11) is 0. The lowest BCUT2D eigenvalue weighted by atomic mass is 10.1. The minimum atomic E-state index is -1.06. The van der Waals surface area contributed by atoms with Crippen molar-refractivity contribution in [2.24, 2.45) is 0 Å². The summed E-state index contributed by atoms with van der Waals surface area (Å²) in [5.41, 5.74) is 1.15. The van der Waals surface area contributed by atoms with Gasteiger partial charge in [0.05, 0.1) is 5.69 Å². The molecule has 0 aliphatic heterocycles. The van der Waals surface area contributed by atoms with Crippen LogP contribution >= 0.6 is 0 Å². The minimum absolute atomic E-state index is 0.0706. The van der Waals surface area contributed by atoms with Gasteiger partial charge in [-0.15, -0.1) is 0 Å². The van der Waals surface area contributed by atoms with Gasteiger partial charge in [0.25, 0.3) is 5.91 Å². The molecule has 0 bridgehead atoms. The zero-order valence-corrected chi connectivity index (χ0v) is 13.9. The minimum Gasteiger partial charge on any atom is -0.448 e. The van der Waals surface area contributed by atoms with Crippen molar-refractivity contribution in [3.8, 4) is 11.3 Å². The van der Waals surface area contributed by atoms with Crippen LogP contribution in [0, 0.1) is 12.7 Å². The van der Waals surface area contributed by atoms with E-state index in [9.17, 15) is 14.0 Å². The van der Waals surface area contributed by atoms with Crippen LogP contribution in [0.5, 0.6) is 0 Å². The molecule has 1 unspecified atom stereocenters. The van der Waals surface area contributed by atoms with Crippen molar-refractivity contribution in [2.75, 3.05) is 5.32 Å². The number of H-pyrrole nitrogens is 1. The third kappa shape index (κ3) is 3.94. The molecule has 3 aromatic rings. The Hall–Kier alpha value is -3.49. The Morgan fingerprint density at radius 1 is 1.27 bits per heavy atom. The number of hydrogen-bond donors (Lipinski definition) is 2. The van der Waals surface area contributed by atoms with Gasteiger partial charge in [0.1, 0.15) is 17.3 Å². The summed E-state index contributed by atoms with van der Waals surface area (Å²) in [6.45, 7) is 3.11. The Labute approximate surface area is 147 Å². The molecule has 0 fully saturated rings. The number of amides is 1. The number of nitrogens with one attached hydrogen (secondary N) is 2. The number of rotatable bonds is 5. The Morgan fingerprint density at radius 3 is 2.65 bits per heavy atom. The predicted octanol–water partition coefficient (Wildman–Crippen LogP) is 2.70. The first-order valence-corrected chi connectivity index (χ1v) is 7.69. The summed E-state index contributed by atoms with van der Waals surface area (Å²) in [5.74, 6) is -0.896. The normalized spacial score (nSPS) is 11.8. The molecule has 0 spiro atoms. The Balaban J connectivity index is 1.62. The highest BCUT2D eigenvalue weighted by Gasteiger charge is 2.21. The molecular weight excluding hydrogens is 343 g/mol. The number of carbonyl (C=O) groups excluding carboxylic acids is 2. The van der Waals surface area contributed by atoms with Crippen LogP contribution in [0.15, 0.2) is 40.9 Å². The van der Waals surface area contributed by atoms with E-state index < -0.39 is 18.0 Å². The number of nitrogens with zero attached hydrogens (tertiary/aromatic N) is 2. The second-order valence-electron chi connectivity index (χ2n) is 5.53. The standard InChI is InChI=1S/C17H15FN4O4/c1-9-7-15(22-26-9)19-16(23)10(2)25-17(24)14-8-13(20-21-14)11-3-5-12(18)6-4-11/h3-8,10H,1-2H3,(H,20,21)(H,19,22,23). The average Bonchev–Trinajstić information content (AvgIpc) is 3.25. The van der Waals surface area contributed by atoms with Crippen molar-refractivity contribution in [3.63, 3.8) is 0 Å². The van der Waals surface area contributed by atoms with Crippen LogP contribution in [0.3, 0.4) is 0 Å². The lowest BCUT2D eigenvalue weighted by Gasteiger charge is -2.11. The van der Waals surface area contributed by atoms with Gasteiger partial charge in [-0.2, -0.15) is 5.10 Å². The molecule has 0 saturated heterocycles. The number of aromatic nitrogens is 3. The van der Waals surface area contributed by atoms with E-state index in [1.807, 2.05) is 0 Å². The van der Waals surface area contributed by atoms with E-state index in [0.717, 1.165) is 0 Å². The van der Waals surface area contributed by atoms with Crippen molar-refractivity contribution in [2.45, 2.75) is 20.0 Å². The number of aromatic amines is 1. The third-order valence-electron chi connectivity index (χ3n) is 3.47. The number of aryl methyl sites for hydroxylation is 1. The van der Waals surface area contributed by atoms with Gasteiger partial charge in [-0.1, -0.05) is 5.16 Å². The maximum absolute atomic E-state index is 13.0. The van der Waals surface area contributed by atoms with E-state index in [0.29, 0.717) is 17.0 Å². The SMILES string of the molecule is Cc1cc(NC(=O)C(C)OC(=O)c2cc(-c3ccc(F)cc3)n[nH]2)no1. The van der Waals surface area contributed by atoms with Gasteiger partial charge in [0.2, 0.25) is 0 Å². The second-order valence-corrected chi connectivity index (χ2v) is 5.53. The first-order valence-electron chi connectivity index (χ1n) is 7.69. The summed E-state index contributed by atoms with van der Waals surface area (Å²) in [6.07, 6.45) is -1.06. The Bertz CT molecular complexity index is 932. The molecule has 2 aromatic heterocycles. The molecule has 0 aliphatic rings. The molecule has 2 heterocycles. The molecule has 9 heteroatoms. The van der Waals surface area contributed by atoms with Gasteiger partial charge in [0.15, 0.2) is 11.9 Å². The first-order chi connectivity index (χ1) is 12.4. The molecule has 3 rings (SSSR count). The van der Waals surface area contributed by atoms with Crippen molar-refractivity contribution in [1.29, 1.82) is 0 Å². The van der Waals surface area contributed by atoms with E-state index in [1.54, 1.807) is 6.92 Å². The number of hydrogen-bond acceptors (Lipinski definition) is 6. The Kier molecular flexibility index (Phi) is 4.78. The first kappa shape index (κ1) is 17.3. The summed E-state index contributed by atoms with van der Waals surface area (Å²) in [5, 5.41) is 12.6. The van der Waals surface area contributed by atoms with Crippen LogP contribution in [0.2, 0.25) is 0 Å². The maximum Gasteiger partial charge on any atom is 0.357 e. The zero-order valence-electron chi connectivity index (χ0n) is 13.9. The molecule has 1 amide bonds. The van der Waals surface area contributed by atoms with Crippen molar-refractivity contribution >= 4 is 17.7 Å². The van der Waals surface area contributed by atoms with Crippen LogP contribution in [-0.2, 0) is 9.53 Å². The van der Waals surface area contributed by atoms with E-state index in [-0.39, 0.29) is 17.3 Å². The fraction of sp³-hybridized carbons (Fsp3) is 0.176. The molecule has 0 saturated carbocycles. The monoisotopic (exact) mass is 358 g/mol. The van der Waals surface area contributed by atoms with E-state index in [4.69, 9.17) is 9.26 Å². The van der Waals surface area contributed by atoms with E-state index >= 15 is 0 Å². The summed E-state index contributed by atoms with van der Waals surface area (Å²) >= 11 is 0. The van der Waals surface area contributed by atoms with Crippen LogP contribution in [0.25, 0.3) is 11.3 Å². The number of ether oxygens (including phenoxy) is 1. The summed E-state index contributed by atoms with van der Waals surface area (Å²) in [6, 6.07) is 8.66. The topological polar surface area (TPSA) is 110 Å². The average molecular weight is 358 g/mol. The zero-order chi connectivity index (χ0) is 18.7. The lowest BCUT2D eigenvalue weighted by Crippen LogP contribution is -2.30. The molecule has 134 valence electrons. The number of benzene rings is 1. The van der Waals surface area contributed by atoms with Crippen LogP contribution in [0.1, 0.15) is 23.2 Å². The van der Waals surface area contributed by atoms with Crippen molar-refractivity contribution in [1.82, 2.24) is 15.4 Å². The van der Waals surface area contributed by atoms with Crippen molar-refractivity contribution < 1.29 is 23.2 Å². The number of esters is 1. The lowest BCUT2D eigenvalue weighted by molar-refractivity contribution is -0.123. The fourth-order valence-corrected chi connectivity index (χ4v) is 2.13. The van der Waals surface area contributed by atoms with Crippen LogP contribution < -0.4 is 5.32 Å². The smallest absolute Gasteiger partial charge is 0.357 e. The highest BCUT2D eigenvalue weighted by atomic mass is 19.1. The van der Waals surface area contributed by atoms with E-state index in [2.05, 4.69) is 20.7 Å². The van der Waals surface area contributed by atoms with Crippen molar-refractivity contribution in [3.05, 3.63) is 53.7 Å². The molecule has 1 aromatic carbocycles. The molecule has 8 nitrogen and oxygen atoms in total. The number of halogens is 1. The number of anilines is 1. The highest BCUT2D eigenvalue weighted by molar-refractivity contribution is 5.96. The van der Waals surface area contributed by atoms with Crippen LogP contribution in [0.4, 0.5) is 10.2 Å². The molecule has 0 radical (unpaired) electrons. The molecule has 26 heavy (non-hydrogen) atoms. The van der Waals surface area contributed by atoms with Gasteiger partial charge in [0, 0.05) is 11.6 Å². The van der Waals surface area contributed by atoms with Gasteiger partial charge in [-0.3, -0.25) is 9.89 Å².